The number of nitrogens with zero attached hydrogens (tertiary/aromatic N) is 1. The van der Waals surface area contributed by atoms with Crippen LogP contribution >= 0.6 is 0 Å². The normalized spacial score (nSPS) is 29.2. The fraction of sp³-hybridized carbons (Fsp3) is 0.857. The molecule has 0 radical (unpaired) electrons. The minimum Gasteiger partial charge on any atom is -0.480 e. The molecule has 1 aliphatic carbocycles. The minimum absolute atomic E-state index is 0.101. The highest BCUT2D eigenvalue weighted by Crippen LogP contribution is 2.28. The third kappa shape index (κ3) is 3.69. The molecule has 108 valence electrons. The van der Waals surface area contributed by atoms with E-state index in [9.17, 15) is 14.7 Å². The Kier molecular flexibility index (Phi) is 4.80. The number of likely N-dealkylation sites (tertiary alicyclic amines) is 1. The van der Waals surface area contributed by atoms with E-state index in [0.29, 0.717) is 12.3 Å². The summed E-state index contributed by atoms with van der Waals surface area (Å²) in [5.41, 5.74) is 0. The maximum absolute atomic E-state index is 12.2. The van der Waals surface area contributed by atoms with Crippen molar-refractivity contribution in [3.8, 4) is 0 Å². The van der Waals surface area contributed by atoms with Crippen molar-refractivity contribution in [2.75, 3.05) is 6.54 Å². The predicted molar refractivity (Wildman–Crippen MR) is 69.6 cm³/mol. The van der Waals surface area contributed by atoms with Crippen molar-refractivity contribution in [2.24, 2.45) is 5.92 Å². The Morgan fingerprint density at radius 1 is 1.11 bits per heavy atom. The number of aliphatic hydroxyl groups is 1. The van der Waals surface area contributed by atoms with Gasteiger partial charge in [-0.25, -0.2) is 4.79 Å². The fourth-order valence-corrected chi connectivity index (χ4v) is 3.26. The highest BCUT2D eigenvalue weighted by Gasteiger charge is 2.39. The predicted octanol–water partition coefficient (Wildman–Crippen LogP) is 1.39. The van der Waals surface area contributed by atoms with Gasteiger partial charge in [0.05, 0.1) is 6.10 Å². The van der Waals surface area contributed by atoms with Gasteiger partial charge >= 0.3 is 5.97 Å². The van der Waals surface area contributed by atoms with Gasteiger partial charge in [-0.1, -0.05) is 25.7 Å². The molecule has 1 saturated heterocycles. The zero-order chi connectivity index (χ0) is 13.8. The average Bonchev–Trinajstić information content (AvgIpc) is 2.58. The van der Waals surface area contributed by atoms with E-state index in [0.717, 1.165) is 12.8 Å². The van der Waals surface area contributed by atoms with Gasteiger partial charge in [-0.3, -0.25) is 4.79 Å². The summed E-state index contributed by atoms with van der Waals surface area (Å²) in [6, 6.07) is -0.840. The van der Waals surface area contributed by atoms with Crippen molar-refractivity contribution in [2.45, 2.75) is 63.5 Å². The van der Waals surface area contributed by atoms with Crippen molar-refractivity contribution in [3.05, 3.63) is 0 Å². The maximum atomic E-state index is 12.2. The Morgan fingerprint density at radius 2 is 1.74 bits per heavy atom. The minimum atomic E-state index is -1.01. The van der Waals surface area contributed by atoms with Crippen LogP contribution in [0.2, 0.25) is 0 Å². The van der Waals surface area contributed by atoms with E-state index < -0.39 is 18.1 Å². The van der Waals surface area contributed by atoms with Crippen molar-refractivity contribution in [1.82, 2.24) is 4.90 Å². The molecule has 1 saturated carbocycles. The summed E-state index contributed by atoms with van der Waals surface area (Å²) < 4.78 is 0. The number of carbonyl (C=O) groups is 2. The number of β-amino-alcohol motifs (C(OH)–C–C–N with tert-alkyl or cyclic N) is 1. The number of hydrogen-bond acceptors (Lipinski definition) is 3. The molecule has 2 N–H and O–H groups in total. The average molecular weight is 269 g/mol. The van der Waals surface area contributed by atoms with Gasteiger partial charge in [0.1, 0.15) is 6.04 Å². The molecule has 1 unspecified atom stereocenters. The highest BCUT2D eigenvalue weighted by atomic mass is 16.4. The van der Waals surface area contributed by atoms with Crippen LogP contribution in [0.5, 0.6) is 0 Å². The summed E-state index contributed by atoms with van der Waals surface area (Å²) in [5.74, 6) is -0.719. The van der Waals surface area contributed by atoms with Gasteiger partial charge in [0, 0.05) is 19.4 Å². The number of aliphatic hydroxyl groups excluding tert-OH is 1. The zero-order valence-electron chi connectivity index (χ0n) is 11.3. The monoisotopic (exact) mass is 269 g/mol. The Morgan fingerprint density at radius 3 is 2.32 bits per heavy atom. The molecule has 2 atom stereocenters. The molecular weight excluding hydrogens is 246 g/mol. The van der Waals surface area contributed by atoms with Gasteiger partial charge in [-0.15, -0.1) is 0 Å². The van der Waals surface area contributed by atoms with Crippen LogP contribution in [0, 0.1) is 5.92 Å². The second kappa shape index (κ2) is 6.37. The summed E-state index contributed by atoms with van der Waals surface area (Å²) in [5, 5.41) is 18.7. The molecule has 5 heteroatoms. The summed E-state index contributed by atoms with van der Waals surface area (Å²) in [6.07, 6.45) is 6.86. The second-order valence-electron chi connectivity index (χ2n) is 5.85. The number of carboxylic acid groups (broad SMARTS) is 1. The molecule has 1 amide bonds. The first-order valence-electron chi connectivity index (χ1n) is 7.28. The Balaban J connectivity index is 1.92. The van der Waals surface area contributed by atoms with Gasteiger partial charge in [0.2, 0.25) is 5.91 Å². The van der Waals surface area contributed by atoms with Gasteiger partial charge < -0.3 is 15.1 Å². The first-order chi connectivity index (χ1) is 9.08. The van der Waals surface area contributed by atoms with E-state index in [1.54, 1.807) is 0 Å². The van der Waals surface area contributed by atoms with Crippen LogP contribution in [0.1, 0.15) is 51.4 Å². The first-order valence-corrected chi connectivity index (χ1v) is 7.28. The standard InChI is InChI=1S/C14H23NO4/c16-11-8-12(14(18)19)15(9-11)13(17)7-10-5-3-1-2-4-6-10/h10-12,16H,1-9H2,(H,18,19)/t11?,12-/m0/s1. The lowest BCUT2D eigenvalue weighted by molar-refractivity contribution is -0.148. The molecule has 2 aliphatic rings. The number of rotatable bonds is 3. The van der Waals surface area contributed by atoms with E-state index in [1.165, 1.54) is 30.6 Å². The second-order valence-corrected chi connectivity index (χ2v) is 5.85. The van der Waals surface area contributed by atoms with Crippen LogP contribution in [-0.2, 0) is 9.59 Å². The van der Waals surface area contributed by atoms with Crippen molar-refractivity contribution in [3.63, 3.8) is 0 Å². The third-order valence-corrected chi connectivity index (χ3v) is 4.32. The molecule has 1 heterocycles. The zero-order valence-corrected chi connectivity index (χ0v) is 11.3. The third-order valence-electron chi connectivity index (χ3n) is 4.32. The number of aliphatic carboxylic acids is 1. The van der Waals surface area contributed by atoms with Crippen LogP contribution in [0.3, 0.4) is 0 Å². The summed E-state index contributed by atoms with van der Waals surface area (Å²) in [4.78, 5) is 24.7. The van der Waals surface area contributed by atoms with Crippen LogP contribution < -0.4 is 0 Å². The first kappa shape index (κ1) is 14.3. The lowest BCUT2D eigenvalue weighted by atomic mass is 9.96. The van der Waals surface area contributed by atoms with Crippen LogP contribution in [0.25, 0.3) is 0 Å². The van der Waals surface area contributed by atoms with Gasteiger partial charge in [-0.05, 0) is 18.8 Å². The Bertz CT molecular complexity index is 336. The van der Waals surface area contributed by atoms with Crippen molar-refractivity contribution < 1.29 is 19.8 Å². The van der Waals surface area contributed by atoms with E-state index >= 15 is 0 Å². The topological polar surface area (TPSA) is 77.8 Å². The largest absolute Gasteiger partial charge is 0.480 e. The SMILES string of the molecule is O=C(O)[C@@H]1CC(O)CN1C(=O)CC1CCCCCC1. The van der Waals surface area contributed by atoms with Gasteiger partial charge in [-0.2, -0.15) is 0 Å². The molecule has 19 heavy (non-hydrogen) atoms. The Hall–Kier alpha value is -1.10. The summed E-state index contributed by atoms with van der Waals surface area (Å²) >= 11 is 0. The molecule has 5 nitrogen and oxygen atoms in total. The molecule has 0 aromatic heterocycles. The van der Waals surface area contributed by atoms with E-state index in [1.807, 2.05) is 0 Å². The smallest absolute Gasteiger partial charge is 0.326 e. The summed E-state index contributed by atoms with van der Waals surface area (Å²) in [6.45, 7) is 0.169. The number of hydrogen-bond donors (Lipinski definition) is 2. The molecule has 2 fully saturated rings. The maximum Gasteiger partial charge on any atom is 0.326 e. The van der Waals surface area contributed by atoms with E-state index in [2.05, 4.69) is 0 Å². The lowest BCUT2D eigenvalue weighted by Gasteiger charge is -2.23. The van der Waals surface area contributed by atoms with E-state index in [4.69, 9.17) is 5.11 Å². The van der Waals surface area contributed by atoms with E-state index in [-0.39, 0.29) is 18.9 Å². The number of amides is 1. The van der Waals surface area contributed by atoms with Gasteiger partial charge in [0.25, 0.3) is 0 Å². The molecule has 0 aromatic rings. The highest BCUT2D eigenvalue weighted by molar-refractivity contribution is 5.84. The number of carboxylic acids is 1. The molecule has 0 aromatic carbocycles. The van der Waals surface area contributed by atoms with Crippen LogP contribution in [0.4, 0.5) is 0 Å². The molecular formula is C14H23NO4. The quantitative estimate of drug-likeness (QED) is 0.759. The molecule has 0 bridgehead atoms. The van der Waals surface area contributed by atoms with Gasteiger partial charge in [0.15, 0.2) is 0 Å². The van der Waals surface area contributed by atoms with Crippen molar-refractivity contribution in [1.29, 1.82) is 0 Å². The molecule has 0 spiro atoms. The molecule has 2 rings (SSSR count). The summed E-state index contributed by atoms with van der Waals surface area (Å²) in [7, 11) is 0. The fourth-order valence-electron chi connectivity index (χ4n) is 3.26. The number of carbonyl (C=O) groups excluding carboxylic acids is 1. The van der Waals surface area contributed by atoms with Crippen molar-refractivity contribution >= 4 is 11.9 Å². The Labute approximate surface area is 113 Å². The lowest BCUT2D eigenvalue weighted by Crippen LogP contribution is -2.41. The molecule has 1 aliphatic heterocycles. The van der Waals surface area contributed by atoms with Crippen LogP contribution in [-0.4, -0.2) is 45.7 Å². The van der Waals surface area contributed by atoms with Crippen LogP contribution in [0.15, 0.2) is 0 Å².